The summed E-state index contributed by atoms with van der Waals surface area (Å²) < 4.78 is 31.2. The van der Waals surface area contributed by atoms with Crippen molar-refractivity contribution >= 4 is 27.7 Å². The molecule has 1 heterocycles. The lowest BCUT2D eigenvalue weighted by Crippen LogP contribution is -2.55. The minimum absolute atomic E-state index is 0.00531. The molecule has 12 nitrogen and oxygen atoms in total. The van der Waals surface area contributed by atoms with Crippen LogP contribution in [-0.4, -0.2) is 45.3 Å². The highest BCUT2D eigenvalue weighted by atomic mass is 32.2. The Balaban J connectivity index is 0.000000501. The SMILES string of the molecule is CC(C)C[C@@H](C(=O)NN)[C@H](C(=O)NO)C(CCC1CCCCC1)(Cc1ccccc1)C(=O)Cn1ccnc1.Cc1ccc(S(=O)(=O)O)cc1. The van der Waals surface area contributed by atoms with Crippen LogP contribution in [0.1, 0.15) is 76.3 Å². The molecular formula is C36H51N5O7S. The van der Waals surface area contributed by atoms with Crippen LogP contribution >= 0.6 is 0 Å². The first-order valence-electron chi connectivity index (χ1n) is 16.8. The summed E-state index contributed by atoms with van der Waals surface area (Å²) in [6.45, 7) is 5.76. The van der Waals surface area contributed by atoms with E-state index in [9.17, 15) is 28.0 Å². The molecule has 2 aromatic carbocycles. The summed E-state index contributed by atoms with van der Waals surface area (Å²) in [5, 5.41) is 9.94. The van der Waals surface area contributed by atoms with Crippen LogP contribution in [-0.2, 0) is 37.5 Å². The number of hydroxylamine groups is 1. The largest absolute Gasteiger partial charge is 0.330 e. The fourth-order valence-electron chi connectivity index (χ4n) is 6.97. The number of Topliss-reactive ketones (excluding diaryl/α,β-unsaturated/α-hetero) is 1. The van der Waals surface area contributed by atoms with Crippen LogP contribution in [0.25, 0.3) is 0 Å². The second kappa shape index (κ2) is 18.7. The Bertz CT molecular complexity index is 1580. The second-order valence-electron chi connectivity index (χ2n) is 13.5. The van der Waals surface area contributed by atoms with Gasteiger partial charge in [0.1, 0.15) is 0 Å². The Kier molecular flexibility index (Phi) is 15.1. The van der Waals surface area contributed by atoms with E-state index in [2.05, 4.69) is 10.4 Å². The summed E-state index contributed by atoms with van der Waals surface area (Å²) in [6.07, 6.45) is 12.4. The number of benzene rings is 2. The molecule has 1 fully saturated rings. The number of nitrogens with one attached hydrogen (secondary N) is 2. The maximum Gasteiger partial charge on any atom is 0.294 e. The van der Waals surface area contributed by atoms with E-state index in [1.165, 1.54) is 18.6 Å². The van der Waals surface area contributed by atoms with Gasteiger partial charge in [0.25, 0.3) is 10.1 Å². The van der Waals surface area contributed by atoms with E-state index in [0.29, 0.717) is 18.8 Å². The van der Waals surface area contributed by atoms with Crippen molar-refractivity contribution in [2.75, 3.05) is 0 Å². The van der Waals surface area contributed by atoms with Gasteiger partial charge in [-0.25, -0.2) is 16.3 Å². The van der Waals surface area contributed by atoms with E-state index < -0.39 is 39.2 Å². The predicted molar refractivity (Wildman–Crippen MR) is 185 cm³/mol. The topological polar surface area (TPSA) is 194 Å². The fourth-order valence-corrected chi connectivity index (χ4v) is 7.45. The number of aryl methyl sites for hydroxylation is 1. The molecule has 1 unspecified atom stereocenters. The number of aromatic nitrogens is 2. The minimum atomic E-state index is -4.02. The standard InChI is InChI=1S/C29H43N5O4.C7H8O3S/c1-21(2)17-24(27(36)32-30)26(28(37)33-38)29(18-23-11-7-4-8-12-23,14-13-22-9-5-3-6-10-22)25(35)19-34-16-15-31-20-34;1-6-2-4-7(5-3-6)11(8,9)10/h4,7-8,11-12,15-16,20-22,24,26,38H,3,5-6,9-10,13-14,17-19,30H2,1-2H3,(H,32,36)(H,33,37);2-5H,1H3,(H,8,9,10)/t24-,26-,29?;/m1./s1. The third kappa shape index (κ3) is 11.6. The molecule has 2 amide bonds. The Hall–Kier alpha value is -3.91. The van der Waals surface area contributed by atoms with Crippen molar-refractivity contribution in [2.45, 2.75) is 90.0 Å². The van der Waals surface area contributed by atoms with Gasteiger partial charge in [-0.3, -0.25) is 29.6 Å². The highest BCUT2D eigenvalue weighted by Gasteiger charge is 2.53. The van der Waals surface area contributed by atoms with E-state index in [-0.39, 0.29) is 29.6 Å². The molecule has 0 aliphatic heterocycles. The fraction of sp³-hybridized carbons (Fsp3) is 0.500. The number of imidazole rings is 1. The summed E-state index contributed by atoms with van der Waals surface area (Å²) in [4.78, 5) is 45.3. The van der Waals surface area contributed by atoms with Crippen LogP contribution in [0.5, 0.6) is 0 Å². The molecule has 0 radical (unpaired) electrons. The van der Waals surface area contributed by atoms with Gasteiger partial charge in [-0.2, -0.15) is 8.42 Å². The molecule has 4 rings (SSSR count). The molecule has 1 saturated carbocycles. The number of nitrogens with zero attached hydrogens (tertiary/aromatic N) is 2. The molecule has 49 heavy (non-hydrogen) atoms. The normalized spacial score (nSPS) is 16.1. The van der Waals surface area contributed by atoms with E-state index in [1.807, 2.05) is 56.6 Å². The van der Waals surface area contributed by atoms with Crippen molar-refractivity contribution in [3.8, 4) is 0 Å². The maximum absolute atomic E-state index is 14.5. The quantitative estimate of drug-likeness (QED) is 0.0475. The van der Waals surface area contributed by atoms with E-state index >= 15 is 0 Å². The average Bonchev–Trinajstić information content (AvgIpc) is 3.60. The maximum atomic E-state index is 14.5. The van der Waals surface area contributed by atoms with Crippen LogP contribution in [0.15, 0.2) is 78.2 Å². The van der Waals surface area contributed by atoms with Crippen LogP contribution in [0.3, 0.4) is 0 Å². The molecule has 13 heteroatoms. The molecule has 1 aromatic heterocycles. The van der Waals surface area contributed by atoms with Gasteiger partial charge < -0.3 is 4.57 Å². The van der Waals surface area contributed by atoms with Gasteiger partial charge >= 0.3 is 0 Å². The van der Waals surface area contributed by atoms with Gasteiger partial charge in [-0.1, -0.05) is 94.0 Å². The third-order valence-corrected chi connectivity index (χ3v) is 10.3. The Morgan fingerprint density at radius 2 is 1.67 bits per heavy atom. The lowest BCUT2D eigenvalue weighted by atomic mass is 9.59. The summed E-state index contributed by atoms with van der Waals surface area (Å²) in [5.41, 5.74) is 4.62. The number of carbonyl (C=O) groups excluding carboxylic acids is 3. The molecule has 3 atom stereocenters. The Morgan fingerprint density at radius 1 is 1.02 bits per heavy atom. The van der Waals surface area contributed by atoms with Crippen molar-refractivity contribution in [1.82, 2.24) is 20.5 Å². The van der Waals surface area contributed by atoms with Crippen LogP contribution < -0.4 is 16.7 Å². The van der Waals surface area contributed by atoms with Crippen LogP contribution in [0.4, 0.5) is 0 Å². The van der Waals surface area contributed by atoms with E-state index in [4.69, 9.17) is 10.4 Å². The van der Waals surface area contributed by atoms with Crippen molar-refractivity contribution in [3.05, 3.63) is 84.4 Å². The number of amides is 2. The van der Waals surface area contributed by atoms with Gasteiger partial charge in [-0.15, -0.1) is 0 Å². The molecule has 1 aliphatic carbocycles. The molecule has 1 aliphatic rings. The molecule has 0 bridgehead atoms. The summed E-state index contributed by atoms with van der Waals surface area (Å²) >= 11 is 0. The first kappa shape index (κ1) is 39.5. The zero-order chi connectivity index (χ0) is 36.0. The van der Waals surface area contributed by atoms with Gasteiger partial charge in [0.05, 0.1) is 29.6 Å². The number of hydrogen-bond acceptors (Lipinski definition) is 8. The number of rotatable bonds is 15. The van der Waals surface area contributed by atoms with Gasteiger partial charge in [0.15, 0.2) is 5.78 Å². The molecule has 3 aromatic rings. The highest BCUT2D eigenvalue weighted by molar-refractivity contribution is 7.85. The average molecular weight is 698 g/mol. The van der Waals surface area contributed by atoms with Gasteiger partial charge in [0.2, 0.25) is 11.8 Å². The lowest BCUT2D eigenvalue weighted by Gasteiger charge is -2.43. The zero-order valence-corrected chi connectivity index (χ0v) is 29.4. The van der Waals surface area contributed by atoms with Gasteiger partial charge in [0, 0.05) is 17.8 Å². The van der Waals surface area contributed by atoms with Crippen molar-refractivity contribution in [3.63, 3.8) is 0 Å². The van der Waals surface area contributed by atoms with Crippen LogP contribution in [0.2, 0.25) is 0 Å². The number of hydrogen-bond donors (Lipinski definition) is 5. The summed E-state index contributed by atoms with van der Waals surface area (Å²) in [5.74, 6) is 2.65. The number of carbonyl (C=O) groups is 3. The predicted octanol–water partition coefficient (Wildman–Crippen LogP) is 5.06. The van der Waals surface area contributed by atoms with E-state index in [1.54, 1.807) is 35.4 Å². The monoisotopic (exact) mass is 697 g/mol. The summed E-state index contributed by atoms with van der Waals surface area (Å²) in [6, 6.07) is 15.6. The highest BCUT2D eigenvalue weighted by Crippen LogP contribution is 2.46. The molecule has 0 saturated heterocycles. The molecule has 268 valence electrons. The first-order valence-corrected chi connectivity index (χ1v) is 18.3. The van der Waals surface area contributed by atoms with Gasteiger partial charge in [-0.05, 0) is 62.1 Å². The van der Waals surface area contributed by atoms with Crippen molar-refractivity contribution in [1.29, 1.82) is 0 Å². The molecule has 6 N–H and O–H groups in total. The lowest BCUT2D eigenvalue weighted by molar-refractivity contribution is -0.154. The molecular weight excluding hydrogens is 646 g/mol. The van der Waals surface area contributed by atoms with Crippen molar-refractivity contribution in [2.24, 2.45) is 34.9 Å². The first-order chi connectivity index (χ1) is 23.3. The van der Waals surface area contributed by atoms with Crippen LogP contribution in [0, 0.1) is 36.0 Å². The number of nitrogens with two attached hydrogens (primary N) is 1. The van der Waals surface area contributed by atoms with Crippen molar-refractivity contribution < 1.29 is 32.6 Å². The summed E-state index contributed by atoms with van der Waals surface area (Å²) in [7, 11) is -4.02. The third-order valence-electron chi connectivity index (χ3n) is 9.44. The Morgan fingerprint density at radius 3 is 2.20 bits per heavy atom. The second-order valence-corrected chi connectivity index (χ2v) is 14.9. The number of ketones is 1. The zero-order valence-electron chi connectivity index (χ0n) is 28.6. The number of hydrazine groups is 1. The van der Waals surface area contributed by atoms with E-state index in [0.717, 1.165) is 43.2 Å². The molecule has 0 spiro atoms. The smallest absolute Gasteiger partial charge is 0.294 e. The minimum Gasteiger partial charge on any atom is -0.330 e. The Labute approximate surface area is 289 Å².